The van der Waals surface area contributed by atoms with Gasteiger partial charge in [-0.1, -0.05) is 0 Å². The number of aliphatic hydroxyl groups is 1. The van der Waals surface area contributed by atoms with Gasteiger partial charge in [0.15, 0.2) is 0 Å². The Morgan fingerprint density at radius 2 is 2.39 bits per heavy atom. The molecule has 96 valence electrons. The molecule has 6 nitrogen and oxygen atoms in total. The van der Waals surface area contributed by atoms with Gasteiger partial charge in [-0.15, -0.1) is 0 Å². The first kappa shape index (κ1) is 14.1. The maximum absolute atomic E-state index is 11.7. The van der Waals surface area contributed by atoms with Crippen LogP contribution < -0.4 is 5.32 Å². The predicted octanol–water partition coefficient (Wildman–Crippen LogP) is -0.00120. The lowest BCUT2D eigenvalue weighted by molar-refractivity contribution is 0.0608. The van der Waals surface area contributed by atoms with Gasteiger partial charge < -0.3 is 15.2 Å². The Kier molecular flexibility index (Phi) is 5.24. The largest absolute Gasteiger partial charge is 0.389 e. The third-order valence-electron chi connectivity index (χ3n) is 2.30. The lowest BCUT2D eigenvalue weighted by Gasteiger charge is -2.10. The number of carbonyl (C=O) groups excluding carboxylic acids is 1. The van der Waals surface area contributed by atoms with Gasteiger partial charge in [-0.3, -0.25) is 4.79 Å². The van der Waals surface area contributed by atoms with E-state index in [9.17, 15) is 9.90 Å². The van der Waals surface area contributed by atoms with Crippen molar-refractivity contribution in [1.82, 2.24) is 10.3 Å². The van der Waals surface area contributed by atoms with E-state index in [4.69, 9.17) is 10.00 Å². The quantitative estimate of drug-likeness (QED) is 0.765. The van der Waals surface area contributed by atoms with E-state index < -0.39 is 12.0 Å². The van der Waals surface area contributed by atoms with E-state index in [1.807, 2.05) is 6.07 Å². The van der Waals surface area contributed by atoms with Gasteiger partial charge in [0.1, 0.15) is 11.8 Å². The number of nitriles is 1. The monoisotopic (exact) mass is 249 g/mol. The molecule has 0 bridgehead atoms. The number of carbonyl (C=O) groups is 1. The molecule has 0 saturated carbocycles. The maximum Gasteiger partial charge on any atom is 0.269 e. The summed E-state index contributed by atoms with van der Waals surface area (Å²) in [4.78, 5) is 15.7. The number of pyridine rings is 1. The van der Waals surface area contributed by atoms with Gasteiger partial charge in [-0.05, 0) is 19.1 Å². The molecule has 1 aromatic heterocycles. The topological polar surface area (TPSA) is 95.2 Å². The van der Waals surface area contributed by atoms with Gasteiger partial charge >= 0.3 is 0 Å². The zero-order valence-electron chi connectivity index (χ0n) is 10.3. The van der Waals surface area contributed by atoms with E-state index in [1.54, 1.807) is 13.0 Å². The number of nitrogens with one attached hydrogen (secondary N) is 1. The number of aromatic nitrogens is 1. The van der Waals surface area contributed by atoms with Crippen LogP contribution in [0.1, 0.15) is 21.7 Å². The molecular weight excluding hydrogens is 234 g/mol. The molecule has 1 rings (SSSR count). The molecular formula is C12H15N3O3. The number of rotatable bonds is 5. The highest BCUT2D eigenvalue weighted by molar-refractivity contribution is 5.92. The molecule has 6 heteroatoms. The molecule has 1 unspecified atom stereocenters. The molecule has 0 saturated heterocycles. The molecule has 0 radical (unpaired) electrons. The SMILES string of the molecule is COCC(O)CNC(=O)c1ccc(C#N)c(C)n1. The van der Waals surface area contributed by atoms with Crippen LogP contribution in [0.25, 0.3) is 0 Å². The minimum atomic E-state index is -0.751. The number of ether oxygens (including phenoxy) is 1. The van der Waals surface area contributed by atoms with Crippen molar-refractivity contribution >= 4 is 5.91 Å². The van der Waals surface area contributed by atoms with Crippen molar-refractivity contribution in [1.29, 1.82) is 5.26 Å². The van der Waals surface area contributed by atoms with Crippen molar-refractivity contribution in [3.8, 4) is 6.07 Å². The summed E-state index contributed by atoms with van der Waals surface area (Å²) in [6.45, 7) is 1.91. The molecule has 0 aromatic carbocycles. The number of hydrogen-bond acceptors (Lipinski definition) is 5. The summed E-state index contributed by atoms with van der Waals surface area (Å²) >= 11 is 0. The molecule has 0 aliphatic rings. The smallest absolute Gasteiger partial charge is 0.269 e. The molecule has 0 aliphatic heterocycles. The highest BCUT2D eigenvalue weighted by Gasteiger charge is 2.11. The summed E-state index contributed by atoms with van der Waals surface area (Å²) < 4.78 is 4.74. The van der Waals surface area contributed by atoms with Gasteiger partial charge in [0.05, 0.1) is 24.0 Å². The molecule has 1 atom stereocenters. The van der Waals surface area contributed by atoms with Crippen LogP contribution in [0.4, 0.5) is 0 Å². The Hall–Kier alpha value is -1.97. The Morgan fingerprint density at radius 3 is 2.94 bits per heavy atom. The van der Waals surface area contributed by atoms with Crippen LogP contribution in [0.5, 0.6) is 0 Å². The van der Waals surface area contributed by atoms with E-state index in [1.165, 1.54) is 13.2 Å². The fourth-order valence-electron chi connectivity index (χ4n) is 1.36. The highest BCUT2D eigenvalue weighted by Crippen LogP contribution is 2.05. The number of aryl methyl sites for hydroxylation is 1. The summed E-state index contributed by atoms with van der Waals surface area (Å²) in [7, 11) is 1.47. The van der Waals surface area contributed by atoms with Crippen LogP contribution in [0.15, 0.2) is 12.1 Å². The van der Waals surface area contributed by atoms with Crippen molar-refractivity contribution in [2.24, 2.45) is 0 Å². The van der Waals surface area contributed by atoms with Gasteiger partial charge in [0, 0.05) is 13.7 Å². The average Bonchev–Trinajstić information content (AvgIpc) is 2.36. The van der Waals surface area contributed by atoms with Crippen LogP contribution in [0.3, 0.4) is 0 Å². The first-order chi connectivity index (χ1) is 8.58. The zero-order chi connectivity index (χ0) is 13.5. The van der Waals surface area contributed by atoms with Crippen molar-refractivity contribution in [2.45, 2.75) is 13.0 Å². The van der Waals surface area contributed by atoms with Gasteiger partial charge in [-0.25, -0.2) is 4.98 Å². The second kappa shape index (κ2) is 6.69. The van der Waals surface area contributed by atoms with Crippen LogP contribution in [0.2, 0.25) is 0 Å². The third kappa shape index (κ3) is 3.80. The Bertz CT molecular complexity index is 468. The summed E-state index contributed by atoms with van der Waals surface area (Å²) in [6, 6.07) is 5.00. The fourth-order valence-corrected chi connectivity index (χ4v) is 1.36. The van der Waals surface area contributed by atoms with Crippen molar-refractivity contribution in [2.75, 3.05) is 20.3 Å². The first-order valence-electron chi connectivity index (χ1n) is 5.41. The fraction of sp³-hybridized carbons (Fsp3) is 0.417. The molecule has 1 aromatic rings. The van der Waals surface area contributed by atoms with Crippen LogP contribution in [-0.2, 0) is 4.74 Å². The summed E-state index contributed by atoms with van der Waals surface area (Å²) in [5.41, 5.74) is 1.16. The van der Waals surface area contributed by atoms with Crippen LogP contribution in [0, 0.1) is 18.3 Å². The summed E-state index contributed by atoms with van der Waals surface area (Å²) in [5, 5.41) is 20.7. The van der Waals surface area contributed by atoms with Crippen molar-refractivity contribution < 1.29 is 14.6 Å². The normalized spacial score (nSPS) is 11.7. The molecule has 1 amide bonds. The van der Waals surface area contributed by atoms with Gasteiger partial charge in [0.25, 0.3) is 5.91 Å². The van der Waals surface area contributed by atoms with E-state index in [-0.39, 0.29) is 18.8 Å². The molecule has 2 N–H and O–H groups in total. The average molecular weight is 249 g/mol. The van der Waals surface area contributed by atoms with Crippen molar-refractivity contribution in [3.05, 3.63) is 29.1 Å². The number of methoxy groups -OCH3 is 1. The second-order valence-electron chi connectivity index (χ2n) is 3.76. The summed E-state index contributed by atoms with van der Waals surface area (Å²) in [5.74, 6) is -0.391. The Labute approximate surface area is 105 Å². The van der Waals surface area contributed by atoms with Gasteiger partial charge in [0.2, 0.25) is 0 Å². The zero-order valence-corrected chi connectivity index (χ0v) is 10.3. The standard InChI is InChI=1S/C12H15N3O3/c1-8-9(5-13)3-4-11(15-8)12(17)14-6-10(16)7-18-2/h3-4,10,16H,6-7H2,1-2H3,(H,14,17). The lowest BCUT2D eigenvalue weighted by atomic mass is 10.2. The molecule has 0 spiro atoms. The number of aliphatic hydroxyl groups excluding tert-OH is 1. The van der Waals surface area contributed by atoms with E-state index in [0.29, 0.717) is 11.3 Å². The maximum atomic E-state index is 11.7. The molecule has 1 heterocycles. The van der Waals surface area contributed by atoms with Crippen molar-refractivity contribution in [3.63, 3.8) is 0 Å². The van der Waals surface area contributed by atoms with E-state index in [0.717, 1.165) is 0 Å². The van der Waals surface area contributed by atoms with Crippen LogP contribution >= 0.6 is 0 Å². The van der Waals surface area contributed by atoms with E-state index >= 15 is 0 Å². The minimum Gasteiger partial charge on any atom is -0.389 e. The summed E-state index contributed by atoms with van der Waals surface area (Å²) in [6.07, 6.45) is -0.751. The lowest BCUT2D eigenvalue weighted by Crippen LogP contribution is -2.34. The third-order valence-corrected chi connectivity index (χ3v) is 2.30. The number of hydrogen-bond donors (Lipinski definition) is 2. The Morgan fingerprint density at radius 1 is 1.67 bits per heavy atom. The minimum absolute atomic E-state index is 0.0907. The molecule has 0 fully saturated rings. The Balaban J connectivity index is 2.62. The van der Waals surface area contributed by atoms with Gasteiger partial charge in [-0.2, -0.15) is 5.26 Å². The van der Waals surface area contributed by atoms with E-state index in [2.05, 4.69) is 10.3 Å². The van der Waals surface area contributed by atoms with Crippen LogP contribution in [-0.4, -0.2) is 42.4 Å². The predicted molar refractivity (Wildman–Crippen MR) is 63.9 cm³/mol. The molecule has 0 aliphatic carbocycles. The first-order valence-corrected chi connectivity index (χ1v) is 5.41. The molecule has 18 heavy (non-hydrogen) atoms. The second-order valence-corrected chi connectivity index (χ2v) is 3.76. The number of nitrogens with zero attached hydrogens (tertiary/aromatic N) is 2. The number of amides is 1. The highest BCUT2D eigenvalue weighted by atomic mass is 16.5.